The molecule has 0 bridgehead atoms. The molecule has 0 amide bonds. The number of benzene rings is 2. The first-order valence-electron chi connectivity index (χ1n) is 9.26. The number of carboxylic acids is 1. The summed E-state index contributed by atoms with van der Waals surface area (Å²) in [5, 5.41) is 10.1. The monoisotopic (exact) mass is 420 g/mol. The van der Waals surface area contributed by atoms with Gasteiger partial charge in [0.05, 0.1) is 12.7 Å². The summed E-state index contributed by atoms with van der Waals surface area (Å²) >= 11 is 1.61. The number of imidazole rings is 1. The molecule has 0 fully saturated rings. The Balaban J connectivity index is 1.72. The van der Waals surface area contributed by atoms with Gasteiger partial charge >= 0.3 is 5.97 Å². The summed E-state index contributed by atoms with van der Waals surface area (Å²) in [6, 6.07) is 16.4. The molecule has 0 unspecified atom stereocenters. The minimum atomic E-state index is -0.955. The number of carboxylic acid groups (broad SMARTS) is 1. The van der Waals surface area contributed by atoms with Crippen LogP contribution in [-0.2, 0) is 12.8 Å². The number of rotatable bonds is 7. The number of methoxy groups -OCH3 is 1. The van der Waals surface area contributed by atoms with E-state index in [0.717, 1.165) is 33.4 Å². The fourth-order valence-corrected chi connectivity index (χ4v) is 4.00. The third kappa shape index (κ3) is 4.11. The van der Waals surface area contributed by atoms with Gasteiger partial charge in [-0.25, -0.2) is 9.78 Å². The smallest absolute Gasteiger partial charge is 0.335 e. The summed E-state index contributed by atoms with van der Waals surface area (Å²) in [4.78, 5) is 15.5. The molecule has 2 aromatic carbocycles. The minimum Gasteiger partial charge on any atom is -0.497 e. The normalized spacial score (nSPS) is 10.9. The average molecular weight is 420 g/mol. The van der Waals surface area contributed by atoms with Crippen LogP contribution in [0.1, 0.15) is 15.9 Å². The Kier molecular flexibility index (Phi) is 5.63. The molecule has 0 saturated heterocycles. The molecule has 0 atom stereocenters. The van der Waals surface area contributed by atoms with Crippen LogP contribution in [0.2, 0.25) is 0 Å². The lowest BCUT2D eigenvalue weighted by Crippen LogP contribution is -1.95. The highest BCUT2D eigenvalue weighted by atomic mass is 32.2. The number of carbonyl (C=O) groups is 1. The van der Waals surface area contributed by atoms with E-state index in [2.05, 4.69) is 4.98 Å². The number of aryl methyl sites for hydroxylation is 1. The quantitative estimate of drug-likeness (QED) is 0.406. The van der Waals surface area contributed by atoms with Crippen LogP contribution in [0.5, 0.6) is 5.75 Å². The van der Waals surface area contributed by atoms with Gasteiger partial charge in [-0.3, -0.25) is 0 Å². The van der Waals surface area contributed by atoms with Crippen molar-refractivity contribution in [2.24, 2.45) is 7.05 Å². The maximum atomic E-state index is 11.2. The van der Waals surface area contributed by atoms with Crippen molar-refractivity contribution in [2.75, 3.05) is 7.11 Å². The number of thioether (sulfide) groups is 1. The Bertz CT molecular complexity index is 1180. The molecule has 6 nitrogen and oxygen atoms in total. The summed E-state index contributed by atoms with van der Waals surface area (Å²) in [7, 11) is 3.59. The summed E-state index contributed by atoms with van der Waals surface area (Å²) in [5.41, 5.74) is 2.97. The summed E-state index contributed by atoms with van der Waals surface area (Å²) < 4.78 is 13.5. The second-order valence-electron chi connectivity index (χ2n) is 6.69. The largest absolute Gasteiger partial charge is 0.497 e. The molecule has 0 saturated carbocycles. The lowest BCUT2D eigenvalue weighted by Gasteiger charge is -2.04. The standard InChI is InChI=1S/C23H20N2O4S/c1-25-11-10-24-23(25)30-14-18-13-20(17-4-3-5-19(12-17)28-2)29-21(18)15-6-8-16(9-7-15)22(26)27/h3-13H,14H2,1-2H3,(H,26,27). The first kappa shape index (κ1) is 19.8. The molecule has 7 heteroatoms. The van der Waals surface area contributed by atoms with E-state index >= 15 is 0 Å². The summed E-state index contributed by atoms with van der Waals surface area (Å²) in [6.07, 6.45) is 3.68. The highest BCUT2D eigenvalue weighted by molar-refractivity contribution is 7.98. The number of hydrogen-bond acceptors (Lipinski definition) is 5. The molecule has 30 heavy (non-hydrogen) atoms. The van der Waals surface area contributed by atoms with Crippen molar-refractivity contribution in [3.05, 3.63) is 78.1 Å². The maximum Gasteiger partial charge on any atom is 0.335 e. The van der Waals surface area contributed by atoms with Crippen molar-refractivity contribution >= 4 is 17.7 Å². The van der Waals surface area contributed by atoms with Gasteiger partial charge in [0.15, 0.2) is 5.16 Å². The zero-order chi connectivity index (χ0) is 21.1. The van der Waals surface area contributed by atoms with Crippen LogP contribution in [0.15, 0.2) is 76.6 Å². The van der Waals surface area contributed by atoms with Crippen LogP contribution >= 0.6 is 11.8 Å². The van der Waals surface area contributed by atoms with E-state index in [-0.39, 0.29) is 5.56 Å². The summed E-state index contributed by atoms with van der Waals surface area (Å²) in [5.74, 6) is 1.89. The molecule has 2 heterocycles. The predicted molar refractivity (Wildman–Crippen MR) is 116 cm³/mol. The van der Waals surface area contributed by atoms with Crippen molar-refractivity contribution in [1.82, 2.24) is 9.55 Å². The number of ether oxygens (including phenoxy) is 1. The Morgan fingerprint density at radius 1 is 1.17 bits per heavy atom. The number of hydrogen-bond donors (Lipinski definition) is 1. The molecule has 4 rings (SSSR count). The Morgan fingerprint density at radius 3 is 2.63 bits per heavy atom. The van der Waals surface area contributed by atoms with E-state index in [0.29, 0.717) is 11.5 Å². The Morgan fingerprint density at radius 2 is 1.97 bits per heavy atom. The SMILES string of the molecule is COc1cccc(-c2cc(CSc3nccn3C)c(-c3ccc(C(=O)O)cc3)o2)c1. The van der Waals surface area contributed by atoms with Gasteiger partial charge in [0.1, 0.15) is 17.3 Å². The van der Waals surface area contributed by atoms with Gasteiger partial charge < -0.3 is 18.8 Å². The highest BCUT2D eigenvalue weighted by Gasteiger charge is 2.17. The van der Waals surface area contributed by atoms with E-state index in [1.54, 1.807) is 49.3 Å². The van der Waals surface area contributed by atoms with Crippen molar-refractivity contribution in [3.8, 4) is 28.4 Å². The van der Waals surface area contributed by atoms with E-state index in [4.69, 9.17) is 9.15 Å². The maximum absolute atomic E-state index is 11.2. The second kappa shape index (κ2) is 8.51. The molecule has 0 spiro atoms. The van der Waals surface area contributed by atoms with E-state index < -0.39 is 5.97 Å². The van der Waals surface area contributed by atoms with Crippen molar-refractivity contribution in [3.63, 3.8) is 0 Å². The third-order valence-corrected chi connectivity index (χ3v) is 5.80. The zero-order valence-corrected chi connectivity index (χ0v) is 17.3. The van der Waals surface area contributed by atoms with Gasteiger partial charge in [0.2, 0.25) is 0 Å². The van der Waals surface area contributed by atoms with Crippen LogP contribution in [0.4, 0.5) is 0 Å². The average Bonchev–Trinajstić information content (AvgIpc) is 3.38. The molecule has 0 aliphatic heterocycles. The van der Waals surface area contributed by atoms with Gasteiger partial charge in [-0.15, -0.1) is 0 Å². The van der Waals surface area contributed by atoms with Crippen molar-refractivity contribution in [1.29, 1.82) is 0 Å². The van der Waals surface area contributed by atoms with Gasteiger partial charge in [-0.1, -0.05) is 36.0 Å². The van der Waals surface area contributed by atoms with Crippen LogP contribution in [-0.4, -0.2) is 27.7 Å². The number of furan rings is 1. The Labute approximate surface area is 178 Å². The van der Waals surface area contributed by atoms with Crippen LogP contribution in [0, 0.1) is 0 Å². The number of aromatic nitrogens is 2. The summed E-state index contributed by atoms with van der Waals surface area (Å²) in [6.45, 7) is 0. The molecule has 0 aliphatic carbocycles. The van der Waals surface area contributed by atoms with Crippen LogP contribution in [0.3, 0.4) is 0 Å². The molecule has 4 aromatic rings. The molecular formula is C23H20N2O4S. The minimum absolute atomic E-state index is 0.238. The van der Waals surface area contributed by atoms with Crippen LogP contribution < -0.4 is 4.74 Å². The lowest BCUT2D eigenvalue weighted by atomic mass is 10.1. The van der Waals surface area contributed by atoms with Gasteiger partial charge in [-0.05, 0) is 30.3 Å². The lowest BCUT2D eigenvalue weighted by molar-refractivity contribution is 0.0697. The van der Waals surface area contributed by atoms with Gasteiger partial charge in [0, 0.05) is 41.9 Å². The van der Waals surface area contributed by atoms with Gasteiger partial charge in [0.25, 0.3) is 0 Å². The van der Waals surface area contributed by atoms with E-state index in [1.807, 2.05) is 48.1 Å². The van der Waals surface area contributed by atoms with E-state index in [9.17, 15) is 9.90 Å². The van der Waals surface area contributed by atoms with Crippen molar-refractivity contribution in [2.45, 2.75) is 10.9 Å². The highest BCUT2D eigenvalue weighted by Crippen LogP contribution is 2.36. The van der Waals surface area contributed by atoms with Crippen molar-refractivity contribution < 1.29 is 19.1 Å². The fourth-order valence-electron chi connectivity index (χ4n) is 3.10. The topological polar surface area (TPSA) is 77.5 Å². The first-order chi connectivity index (χ1) is 14.5. The second-order valence-corrected chi connectivity index (χ2v) is 7.63. The molecule has 0 radical (unpaired) electrons. The number of aromatic carboxylic acids is 1. The number of nitrogens with zero attached hydrogens (tertiary/aromatic N) is 2. The molecule has 152 valence electrons. The van der Waals surface area contributed by atoms with Gasteiger partial charge in [-0.2, -0.15) is 0 Å². The van der Waals surface area contributed by atoms with Crippen LogP contribution in [0.25, 0.3) is 22.6 Å². The zero-order valence-electron chi connectivity index (χ0n) is 16.5. The molecular weight excluding hydrogens is 400 g/mol. The molecule has 1 N–H and O–H groups in total. The fraction of sp³-hybridized carbons (Fsp3) is 0.130. The predicted octanol–water partition coefficient (Wildman–Crippen LogP) is 5.35. The molecule has 0 aliphatic rings. The third-order valence-electron chi connectivity index (χ3n) is 4.69. The molecule has 2 aromatic heterocycles. The first-order valence-corrected chi connectivity index (χ1v) is 10.2. The Hall–Kier alpha value is -3.45. The van der Waals surface area contributed by atoms with E-state index in [1.165, 1.54) is 0 Å².